The van der Waals surface area contributed by atoms with Crippen LogP contribution in [0.1, 0.15) is 94.4 Å². The highest BCUT2D eigenvalue weighted by Crippen LogP contribution is 2.50. The summed E-state index contributed by atoms with van der Waals surface area (Å²) in [6.07, 6.45) is 10.8. The van der Waals surface area contributed by atoms with E-state index in [0.29, 0.717) is 5.41 Å². The summed E-state index contributed by atoms with van der Waals surface area (Å²) in [6, 6.07) is 4.59. The van der Waals surface area contributed by atoms with Gasteiger partial charge in [-0.05, 0) is 92.9 Å². The van der Waals surface area contributed by atoms with Crippen LogP contribution in [0.4, 0.5) is 0 Å². The van der Waals surface area contributed by atoms with Crippen molar-refractivity contribution in [1.29, 1.82) is 0 Å². The van der Waals surface area contributed by atoms with Crippen LogP contribution in [0.5, 0.6) is 0 Å². The van der Waals surface area contributed by atoms with Crippen molar-refractivity contribution in [1.82, 2.24) is 0 Å². The highest BCUT2D eigenvalue weighted by Gasteiger charge is 2.49. The maximum absolute atomic E-state index is 11.3. The van der Waals surface area contributed by atoms with Crippen LogP contribution in [-0.2, 0) is 17.6 Å². The summed E-state index contributed by atoms with van der Waals surface area (Å²) in [5, 5.41) is 9.32. The van der Waals surface area contributed by atoms with Crippen LogP contribution in [0.15, 0.2) is 12.1 Å². The Morgan fingerprint density at radius 1 is 1.04 bits per heavy atom. The van der Waals surface area contributed by atoms with E-state index in [1.807, 2.05) is 0 Å². The molecular weight excluding hydrogens is 320 g/mol. The number of carboxylic acid groups (broad SMARTS) is 1. The van der Waals surface area contributed by atoms with Gasteiger partial charge >= 0.3 is 5.97 Å². The standard InChI is InChI=1S/C24H38O2/c1-18-12-13-20(10-6-8-14-23(3,4)5)21(19(18)2)11-7-9-15-24(16-17-24)22(25)26/h12-13H,6-11,14-17H2,1-5H3,(H,25,26). The molecule has 0 spiro atoms. The summed E-state index contributed by atoms with van der Waals surface area (Å²) < 4.78 is 0. The van der Waals surface area contributed by atoms with E-state index in [2.05, 4.69) is 46.8 Å². The second-order valence-electron chi connectivity index (χ2n) is 9.71. The lowest BCUT2D eigenvalue weighted by atomic mass is 9.87. The number of unbranched alkanes of at least 4 members (excludes halogenated alkanes) is 2. The zero-order valence-corrected chi connectivity index (χ0v) is 17.6. The van der Waals surface area contributed by atoms with Gasteiger partial charge in [0.2, 0.25) is 0 Å². The Hall–Kier alpha value is -1.31. The molecule has 146 valence electrons. The van der Waals surface area contributed by atoms with Crippen molar-refractivity contribution in [3.8, 4) is 0 Å². The van der Waals surface area contributed by atoms with E-state index in [9.17, 15) is 9.90 Å². The molecule has 1 aromatic rings. The fourth-order valence-electron chi connectivity index (χ4n) is 3.97. The number of aliphatic carboxylic acids is 1. The maximum atomic E-state index is 11.3. The Kier molecular flexibility index (Phi) is 6.93. The minimum Gasteiger partial charge on any atom is -0.481 e. The van der Waals surface area contributed by atoms with Crippen LogP contribution in [0, 0.1) is 24.7 Å². The van der Waals surface area contributed by atoms with Gasteiger partial charge in [-0.15, -0.1) is 0 Å². The first-order valence-electron chi connectivity index (χ1n) is 10.5. The highest BCUT2D eigenvalue weighted by atomic mass is 16.4. The zero-order chi connectivity index (χ0) is 19.4. The summed E-state index contributed by atoms with van der Waals surface area (Å²) in [6.45, 7) is 11.4. The molecule has 0 saturated heterocycles. The van der Waals surface area contributed by atoms with Gasteiger partial charge in [-0.25, -0.2) is 0 Å². The molecule has 2 heteroatoms. The van der Waals surface area contributed by atoms with Crippen molar-refractivity contribution >= 4 is 5.97 Å². The van der Waals surface area contributed by atoms with E-state index in [1.54, 1.807) is 0 Å². The smallest absolute Gasteiger partial charge is 0.309 e. The Morgan fingerprint density at radius 2 is 1.69 bits per heavy atom. The van der Waals surface area contributed by atoms with Gasteiger partial charge in [0.15, 0.2) is 0 Å². The summed E-state index contributed by atoms with van der Waals surface area (Å²) in [5.74, 6) is -0.580. The molecule has 1 aromatic carbocycles. The summed E-state index contributed by atoms with van der Waals surface area (Å²) in [7, 11) is 0. The van der Waals surface area contributed by atoms with Gasteiger partial charge in [-0.1, -0.05) is 45.7 Å². The molecule has 1 aliphatic rings. The van der Waals surface area contributed by atoms with E-state index in [0.717, 1.165) is 38.5 Å². The molecule has 0 unspecified atom stereocenters. The second-order valence-corrected chi connectivity index (χ2v) is 9.71. The third-order valence-electron chi connectivity index (χ3n) is 6.23. The summed E-state index contributed by atoms with van der Waals surface area (Å²) in [5.41, 5.74) is 5.93. The number of carboxylic acids is 1. The quantitative estimate of drug-likeness (QED) is 0.476. The molecule has 0 aromatic heterocycles. The topological polar surface area (TPSA) is 37.3 Å². The van der Waals surface area contributed by atoms with Gasteiger partial charge in [0.25, 0.3) is 0 Å². The van der Waals surface area contributed by atoms with Crippen molar-refractivity contribution in [2.24, 2.45) is 10.8 Å². The first kappa shape index (κ1) is 21.0. The summed E-state index contributed by atoms with van der Waals surface area (Å²) in [4.78, 5) is 11.3. The highest BCUT2D eigenvalue weighted by molar-refractivity contribution is 5.77. The fourth-order valence-corrected chi connectivity index (χ4v) is 3.97. The van der Waals surface area contributed by atoms with Crippen LogP contribution in [-0.4, -0.2) is 11.1 Å². The number of carbonyl (C=O) groups is 1. The van der Waals surface area contributed by atoms with E-state index in [1.165, 1.54) is 47.9 Å². The molecule has 1 N–H and O–H groups in total. The lowest BCUT2D eigenvalue weighted by Crippen LogP contribution is -2.14. The first-order chi connectivity index (χ1) is 12.1. The molecule has 1 aliphatic carbocycles. The zero-order valence-electron chi connectivity index (χ0n) is 17.6. The number of hydrogen-bond acceptors (Lipinski definition) is 1. The second kappa shape index (κ2) is 8.59. The Labute approximate surface area is 160 Å². The van der Waals surface area contributed by atoms with Crippen molar-refractivity contribution in [2.75, 3.05) is 0 Å². The molecular formula is C24H38O2. The van der Waals surface area contributed by atoms with E-state index in [4.69, 9.17) is 0 Å². The van der Waals surface area contributed by atoms with Crippen molar-refractivity contribution in [2.45, 2.75) is 98.8 Å². The molecule has 26 heavy (non-hydrogen) atoms. The van der Waals surface area contributed by atoms with Gasteiger partial charge in [-0.2, -0.15) is 0 Å². The molecule has 0 bridgehead atoms. The minimum atomic E-state index is -0.580. The molecule has 2 nitrogen and oxygen atoms in total. The Balaban J connectivity index is 1.89. The van der Waals surface area contributed by atoms with Crippen LogP contribution in [0.25, 0.3) is 0 Å². The average Bonchev–Trinajstić information content (AvgIpc) is 3.33. The fraction of sp³-hybridized carbons (Fsp3) is 0.708. The molecule has 0 atom stereocenters. The molecule has 2 rings (SSSR count). The van der Waals surface area contributed by atoms with Crippen LogP contribution in [0.2, 0.25) is 0 Å². The Morgan fingerprint density at radius 3 is 2.27 bits per heavy atom. The molecule has 1 fully saturated rings. The van der Waals surface area contributed by atoms with Gasteiger partial charge < -0.3 is 5.11 Å². The van der Waals surface area contributed by atoms with Crippen LogP contribution in [0.3, 0.4) is 0 Å². The van der Waals surface area contributed by atoms with E-state index in [-0.39, 0.29) is 5.41 Å². The molecule has 0 aliphatic heterocycles. The predicted molar refractivity (Wildman–Crippen MR) is 110 cm³/mol. The molecule has 0 radical (unpaired) electrons. The lowest BCUT2D eigenvalue weighted by Gasteiger charge is -2.19. The van der Waals surface area contributed by atoms with Gasteiger partial charge in [0.05, 0.1) is 5.41 Å². The van der Waals surface area contributed by atoms with Gasteiger partial charge in [0, 0.05) is 0 Å². The number of hydrogen-bond donors (Lipinski definition) is 1. The maximum Gasteiger partial charge on any atom is 0.309 e. The molecule has 0 heterocycles. The number of aryl methyl sites for hydroxylation is 2. The van der Waals surface area contributed by atoms with E-state index >= 15 is 0 Å². The monoisotopic (exact) mass is 358 g/mol. The summed E-state index contributed by atoms with van der Waals surface area (Å²) >= 11 is 0. The number of rotatable bonds is 10. The Bertz CT molecular complexity index is 618. The largest absolute Gasteiger partial charge is 0.481 e. The van der Waals surface area contributed by atoms with E-state index < -0.39 is 5.97 Å². The normalized spacial score (nSPS) is 15.9. The minimum absolute atomic E-state index is 0.364. The van der Waals surface area contributed by atoms with Crippen LogP contribution < -0.4 is 0 Å². The average molecular weight is 359 g/mol. The van der Waals surface area contributed by atoms with Crippen molar-refractivity contribution in [3.05, 3.63) is 34.4 Å². The van der Waals surface area contributed by atoms with Gasteiger partial charge in [-0.3, -0.25) is 4.79 Å². The third-order valence-corrected chi connectivity index (χ3v) is 6.23. The third kappa shape index (κ3) is 5.86. The van der Waals surface area contributed by atoms with Gasteiger partial charge in [0.1, 0.15) is 0 Å². The van der Waals surface area contributed by atoms with Crippen molar-refractivity contribution in [3.63, 3.8) is 0 Å². The molecule has 1 saturated carbocycles. The van der Waals surface area contributed by atoms with Crippen LogP contribution >= 0.6 is 0 Å². The predicted octanol–water partition coefficient (Wildman–Crippen LogP) is 6.64. The lowest BCUT2D eigenvalue weighted by molar-refractivity contribution is -0.143. The first-order valence-corrected chi connectivity index (χ1v) is 10.5. The SMILES string of the molecule is Cc1ccc(CCCCC(C)(C)C)c(CCCCC2(C(=O)O)CC2)c1C. The molecule has 0 amide bonds. The van der Waals surface area contributed by atoms with Crippen molar-refractivity contribution < 1.29 is 9.90 Å². The number of benzene rings is 1.